The van der Waals surface area contributed by atoms with Gasteiger partial charge >= 0.3 is 11.1 Å². The summed E-state index contributed by atoms with van der Waals surface area (Å²) < 4.78 is 11.7. The molecule has 0 fully saturated rings. The van der Waals surface area contributed by atoms with Crippen molar-refractivity contribution in [2.45, 2.75) is 0 Å². The van der Waals surface area contributed by atoms with E-state index in [-0.39, 0.29) is 0 Å². The van der Waals surface area contributed by atoms with Crippen LogP contribution in [0.5, 0.6) is 0 Å². The molecule has 25 heavy (non-hydrogen) atoms. The zero-order valence-electron chi connectivity index (χ0n) is 13.1. The van der Waals surface area contributed by atoms with E-state index >= 15 is 0 Å². The monoisotopic (exact) mass is 336 g/mol. The Morgan fingerprint density at radius 1 is 1.20 bits per heavy atom. The van der Waals surface area contributed by atoms with E-state index in [1.807, 2.05) is 0 Å². The van der Waals surface area contributed by atoms with Crippen molar-refractivity contribution in [1.29, 1.82) is 0 Å². The van der Waals surface area contributed by atoms with Gasteiger partial charge in [-0.05, 0) is 36.4 Å². The van der Waals surface area contributed by atoms with Gasteiger partial charge in [0, 0.05) is 18.7 Å². The van der Waals surface area contributed by atoms with Gasteiger partial charge < -0.3 is 18.5 Å². The van der Waals surface area contributed by atoms with Gasteiger partial charge in [0.2, 0.25) is 5.82 Å². The molecule has 4 rings (SSSR count). The molecule has 0 amide bonds. The van der Waals surface area contributed by atoms with E-state index in [4.69, 9.17) is 8.94 Å². The molecule has 3 heterocycles. The van der Waals surface area contributed by atoms with Crippen LogP contribution in [-0.2, 0) is 7.05 Å². The van der Waals surface area contributed by atoms with E-state index in [0.717, 1.165) is 0 Å². The minimum absolute atomic E-state index is 0.320. The smallest absolute Gasteiger partial charge is 0.316 e. The highest BCUT2D eigenvalue weighted by Gasteiger charge is 2.10. The van der Waals surface area contributed by atoms with Crippen molar-refractivity contribution in [3.63, 3.8) is 0 Å². The van der Waals surface area contributed by atoms with Crippen LogP contribution < -0.4 is 11.1 Å². The van der Waals surface area contributed by atoms with Gasteiger partial charge in [0.25, 0.3) is 5.89 Å². The van der Waals surface area contributed by atoms with Gasteiger partial charge in [0.05, 0.1) is 17.3 Å². The Balaban J connectivity index is 1.72. The Morgan fingerprint density at radius 2 is 2.08 bits per heavy atom. The number of rotatable bonds is 3. The van der Waals surface area contributed by atoms with Crippen LogP contribution in [-0.4, -0.2) is 19.7 Å². The summed E-state index contributed by atoms with van der Waals surface area (Å²) in [7, 11) is 1.55. The Bertz CT molecular complexity index is 1200. The number of H-pyrrole nitrogens is 1. The Hall–Kier alpha value is -3.68. The average Bonchev–Trinajstić information content (AvgIpc) is 3.29. The first-order valence-corrected chi connectivity index (χ1v) is 7.40. The molecule has 0 aliphatic heterocycles. The van der Waals surface area contributed by atoms with Gasteiger partial charge in [0.1, 0.15) is 5.76 Å². The van der Waals surface area contributed by atoms with Crippen LogP contribution in [0.2, 0.25) is 0 Å². The molecule has 1 N–H and O–H groups in total. The van der Waals surface area contributed by atoms with Gasteiger partial charge in [0.15, 0.2) is 0 Å². The molecule has 0 unspecified atom stereocenters. The molecule has 1 aromatic carbocycles. The maximum absolute atomic E-state index is 11.7. The van der Waals surface area contributed by atoms with E-state index in [2.05, 4.69) is 15.1 Å². The number of aryl methyl sites for hydroxylation is 1. The second-order valence-corrected chi connectivity index (χ2v) is 5.36. The highest BCUT2D eigenvalue weighted by Crippen LogP contribution is 2.20. The van der Waals surface area contributed by atoms with Crippen LogP contribution in [0.15, 0.2) is 55.1 Å². The zero-order valence-corrected chi connectivity index (χ0v) is 13.1. The summed E-state index contributed by atoms with van der Waals surface area (Å²) in [5.41, 5.74) is 0.493. The molecular weight excluding hydrogens is 324 g/mol. The first-order valence-electron chi connectivity index (χ1n) is 7.40. The number of nitrogens with one attached hydrogen (secondary N) is 1. The molecule has 0 saturated heterocycles. The molecule has 8 nitrogen and oxygen atoms in total. The van der Waals surface area contributed by atoms with E-state index in [0.29, 0.717) is 34.1 Å². The summed E-state index contributed by atoms with van der Waals surface area (Å²) in [6.07, 6.45) is 4.93. The van der Waals surface area contributed by atoms with Crippen LogP contribution >= 0.6 is 0 Å². The maximum Gasteiger partial charge on any atom is 0.316 e. The number of fused-ring (bicyclic) bond motifs is 1. The third-order valence-corrected chi connectivity index (χ3v) is 3.74. The Labute approximate surface area is 140 Å². The molecule has 0 bridgehead atoms. The summed E-state index contributed by atoms with van der Waals surface area (Å²) in [6, 6.07) is 8.75. The topological polar surface area (TPSA) is 107 Å². The number of furan rings is 1. The standard InChI is InChI=1S/C17H12N4O4/c1-21-13-6-4-10(9-12(13)18-16(22)17(21)23)15-19-14(25-20-15)7-5-11-3-2-8-24-11/h2-9H,1H3,(H,18,22)/b7-5+. The number of benzene rings is 1. The van der Waals surface area contributed by atoms with Crippen molar-refractivity contribution < 1.29 is 8.94 Å². The molecule has 0 aliphatic carbocycles. The van der Waals surface area contributed by atoms with Crippen LogP contribution in [0, 0.1) is 0 Å². The van der Waals surface area contributed by atoms with E-state index in [1.165, 1.54) is 4.57 Å². The quantitative estimate of drug-likeness (QED) is 0.574. The summed E-state index contributed by atoms with van der Waals surface area (Å²) in [6.45, 7) is 0. The number of nitrogens with zero attached hydrogens (tertiary/aromatic N) is 3. The molecule has 124 valence electrons. The summed E-state index contributed by atoms with van der Waals surface area (Å²) >= 11 is 0. The molecule has 8 heteroatoms. The van der Waals surface area contributed by atoms with E-state index in [1.54, 1.807) is 55.8 Å². The molecule has 0 aliphatic rings. The molecule has 3 aromatic heterocycles. The number of hydrogen-bond donors (Lipinski definition) is 1. The lowest BCUT2D eigenvalue weighted by Crippen LogP contribution is -2.34. The highest BCUT2D eigenvalue weighted by atomic mass is 16.5. The van der Waals surface area contributed by atoms with E-state index < -0.39 is 11.1 Å². The molecular formula is C17H12N4O4. The predicted molar refractivity (Wildman–Crippen MR) is 90.7 cm³/mol. The maximum atomic E-state index is 11.7. The van der Waals surface area contributed by atoms with Gasteiger partial charge in [-0.25, -0.2) is 0 Å². The van der Waals surface area contributed by atoms with Crippen LogP contribution in [0.25, 0.3) is 34.6 Å². The van der Waals surface area contributed by atoms with Gasteiger partial charge in [-0.15, -0.1) is 0 Å². The zero-order chi connectivity index (χ0) is 17.4. The van der Waals surface area contributed by atoms with Crippen molar-refractivity contribution in [2.24, 2.45) is 7.05 Å². The normalized spacial score (nSPS) is 11.6. The molecule has 4 aromatic rings. The largest absolute Gasteiger partial charge is 0.465 e. The lowest BCUT2D eigenvalue weighted by atomic mass is 10.2. The van der Waals surface area contributed by atoms with Crippen molar-refractivity contribution in [1.82, 2.24) is 19.7 Å². The fraction of sp³-hybridized carbons (Fsp3) is 0.0588. The van der Waals surface area contributed by atoms with Crippen LogP contribution in [0.3, 0.4) is 0 Å². The Kier molecular flexibility index (Phi) is 3.42. The highest BCUT2D eigenvalue weighted by molar-refractivity contribution is 5.80. The van der Waals surface area contributed by atoms with Gasteiger partial charge in [-0.3, -0.25) is 9.59 Å². The lowest BCUT2D eigenvalue weighted by molar-refractivity contribution is 0.411. The number of hydrogen-bond acceptors (Lipinski definition) is 6. The van der Waals surface area contributed by atoms with Gasteiger partial charge in [-0.2, -0.15) is 4.98 Å². The third kappa shape index (κ3) is 2.69. The third-order valence-electron chi connectivity index (χ3n) is 3.74. The molecule has 0 spiro atoms. The first-order chi connectivity index (χ1) is 12.1. The van der Waals surface area contributed by atoms with Crippen LogP contribution in [0.1, 0.15) is 11.7 Å². The number of aromatic amines is 1. The van der Waals surface area contributed by atoms with Crippen molar-refractivity contribution in [2.75, 3.05) is 0 Å². The summed E-state index contributed by atoms with van der Waals surface area (Å²) in [4.78, 5) is 30.2. The van der Waals surface area contributed by atoms with Crippen molar-refractivity contribution in [3.05, 3.63) is 69.0 Å². The van der Waals surface area contributed by atoms with Crippen molar-refractivity contribution >= 4 is 23.2 Å². The van der Waals surface area contributed by atoms with Gasteiger partial charge in [-0.1, -0.05) is 5.16 Å². The van der Waals surface area contributed by atoms with Crippen LogP contribution in [0.4, 0.5) is 0 Å². The molecule has 0 radical (unpaired) electrons. The fourth-order valence-corrected chi connectivity index (χ4v) is 2.46. The Morgan fingerprint density at radius 3 is 2.88 bits per heavy atom. The average molecular weight is 336 g/mol. The first kappa shape index (κ1) is 14.9. The molecule has 0 saturated carbocycles. The fourth-order valence-electron chi connectivity index (χ4n) is 2.46. The summed E-state index contributed by atoms with van der Waals surface area (Å²) in [5.74, 6) is 1.36. The van der Waals surface area contributed by atoms with E-state index in [9.17, 15) is 9.59 Å². The summed E-state index contributed by atoms with van der Waals surface area (Å²) in [5, 5.41) is 3.93. The minimum atomic E-state index is -0.678. The molecule has 0 atom stereocenters. The SMILES string of the molecule is Cn1c(=O)c(=O)[nH]c2cc(-c3noc(/C=C/c4ccco4)n3)ccc21. The second-order valence-electron chi connectivity index (χ2n) is 5.36. The van der Waals surface area contributed by atoms with Crippen molar-refractivity contribution in [3.8, 4) is 11.4 Å². The predicted octanol–water partition coefficient (Wildman–Crippen LogP) is 2.04. The second kappa shape index (κ2) is 5.75. The lowest BCUT2D eigenvalue weighted by Gasteiger charge is -2.04. The minimum Gasteiger partial charge on any atom is -0.465 e. The number of aromatic nitrogens is 4.